The van der Waals surface area contributed by atoms with Crippen molar-refractivity contribution in [2.75, 3.05) is 19.7 Å². The van der Waals surface area contributed by atoms with Crippen LogP contribution in [-0.4, -0.2) is 53.2 Å². The SMILES string of the molecule is NC1(C(=O)O)CCN(C(=O)CCC2CCCO2)C1. The van der Waals surface area contributed by atoms with Gasteiger partial charge in [-0.2, -0.15) is 0 Å². The first kappa shape index (κ1) is 13.3. The summed E-state index contributed by atoms with van der Waals surface area (Å²) in [7, 11) is 0. The van der Waals surface area contributed by atoms with Crippen molar-refractivity contribution >= 4 is 11.9 Å². The smallest absolute Gasteiger partial charge is 0.325 e. The Morgan fingerprint density at radius 2 is 2.28 bits per heavy atom. The van der Waals surface area contributed by atoms with Crippen molar-refractivity contribution in [1.29, 1.82) is 0 Å². The van der Waals surface area contributed by atoms with E-state index in [2.05, 4.69) is 0 Å². The second-order valence-corrected chi connectivity index (χ2v) is 5.20. The van der Waals surface area contributed by atoms with Crippen LogP contribution < -0.4 is 5.73 Å². The van der Waals surface area contributed by atoms with Crippen LogP contribution in [0.1, 0.15) is 32.1 Å². The number of likely N-dealkylation sites (tertiary alicyclic amines) is 1. The van der Waals surface area contributed by atoms with Crippen LogP contribution in [0.15, 0.2) is 0 Å². The van der Waals surface area contributed by atoms with Crippen LogP contribution in [0.5, 0.6) is 0 Å². The summed E-state index contributed by atoms with van der Waals surface area (Å²) in [5, 5.41) is 8.99. The first-order chi connectivity index (χ1) is 8.51. The van der Waals surface area contributed by atoms with Crippen LogP contribution in [0.2, 0.25) is 0 Å². The van der Waals surface area contributed by atoms with Crippen molar-refractivity contribution in [3.8, 4) is 0 Å². The van der Waals surface area contributed by atoms with Crippen LogP contribution in [0.4, 0.5) is 0 Å². The van der Waals surface area contributed by atoms with E-state index in [0.717, 1.165) is 25.9 Å². The number of rotatable bonds is 4. The summed E-state index contributed by atoms with van der Waals surface area (Å²) in [4.78, 5) is 24.5. The van der Waals surface area contributed by atoms with E-state index in [1.165, 1.54) is 0 Å². The van der Waals surface area contributed by atoms with E-state index in [9.17, 15) is 9.59 Å². The summed E-state index contributed by atoms with van der Waals surface area (Å²) in [6.45, 7) is 1.34. The third-order valence-corrected chi connectivity index (χ3v) is 3.78. The second kappa shape index (κ2) is 5.24. The molecule has 0 aromatic rings. The highest BCUT2D eigenvalue weighted by atomic mass is 16.5. The fraction of sp³-hybridized carbons (Fsp3) is 0.833. The Hall–Kier alpha value is -1.14. The van der Waals surface area contributed by atoms with Gasteiger partial charge in [0, 0.05) is 26.1 Å². The summed E-state index contributed by atoms with van der Waals surface area (Å²) >= 11 is 0. The lowest BCUT2D eigenvalue weighted by atomic mass is 10.0. The molecule has 2 aliphatic rings. The summed E-state index contributed by atoms with van der Waals surface area (Å²) < 4.78 is 5.46. The molecule has 2 heterocycles. The maximum Gasteiger partial charge on any atom is 0.325 e. The van der Waals surface area contributed by atoms with Gasteiger partial charge in [-0.05, 0) is 25.7 Å². The molecule has 2 fully saturated rings. The molecule has 0 saturated carbocycles. The van der Waals surface area contributed by atoms with Crippen LogP contribution in [0, 0.1) is 0 Å². The largest absolute Gasteiger partial charge is 0.480 e. The number of carboxylic acids is 1. The molecule has 18 heavy (non-hydrogen) atoms. The number of hydrogen-bond donors (Lipinski definition) is 2. The van der Waals surface area contributed by atoms with E-state index < -0.39 is 11.5 Å². The van der Waals surface area contributed by atoms with Gasteiger partial charge in [0.15, 0.2) is 0 Å². The number of nitrogens with two attached hydrogens (primary N) is 1. The van der Waals surface area contributed by atoms with Gasteiger partial charge in [0.05, 0.1) is 6.10 Å². The molecule has 2 saturated heterocycles. The highest BCUT2D eigenvalue weighted by Crippen LogP contribution is 2.22. The van der Waals surface area contributed by atoms with E-state index in [1.54, 1.807) is 4.90 Å². The molecule has 6 heteroatoms. The Morgan fingerprint density at radius 3 is 2.83 bits per heavy atom. The topological polar surface area (TPSA) is 92.9 Å². The van der Waals surface area contributed by atoms with Gasteiger partial charge in [-0.25, -0.2) is 0 Å². The van der Waals surface area contributed by atoms with Crippen molar-refractivity contribution in [2.45, 2.75) is 43.7 Å². The minimum atomic E-state index is -1.26. The van der Waals surface area contributed by atoms with Gasteiger partial charge in [-0.1, -0.05) is 0 Å². The number of aliphatic carboxylic acids is 1. The lowest BCUT2D eigenvalue weighted by Crippen LogP contribution is -2.50. The van der Waals surface area contributed by atoms with Crippen LogP contribution in [0.3, 0.4) is 0 Å². The maximum absolute atomic E-state index is 11.9. The zero-order valence-electron chi connectivity index (χ0n) is 10.4. The van der Waals surface area contributed by atoms with Gasteiger partial charge in [0.2, 0.25) is 5.91 Å². The number of amides is 1. The van der Waals surface area contributed by atoms with Crippen LogP contribution >= 0.6 is 0 Å². The molecule has 0 bridgehead atoms. The van der Waals surface area contributed by atoms with Crippen LogP contribution in [-0.2, 0) is 14.3 Å². The summed E-state index contributed by atoms with van der Waals surface area (Å²) in [5.74, 6) is -1.05. The molecule has 1 amide bonds. The second-order valence-electron chi connectivity index (χ2n) is 5.20. The van der Waals surface area contributed by atoms with Crippen molar-refractivity contribution in [3.63, 3.8) is 0 Å². The molecule has 102 valence electrons. The zero-order chi connectivity index (χ0) is 13.2. The monoisotopic (exact) mass is 256 g/mol. The fourth-order valence-electron chi connectivity index (χ4n) is 2.54. The Kier molecular flexibility index (Phi) is 3.87. The average molecular weight is 256 g/mol. The Labute approximate surface area is 106 Å². The molecule has 2 rings (SSSR count). The molecule has 0 aliphatic carbocycles. The highest BCUT2D eigenvalue weighted by molar-refractivity contribution is 5.83. The van der Waals surface area contributed by atoms with Gasteiger partial charge in [0.1, 0.15) is 5.54 Å². The first-order valence-corrected chi connectivity index (χ1v) is 6.43. The number of hydrogen-bond acceptors (Lipinski definition) is 4. The third-order valence-electron chi connectivity index (χ3n) is 3.78. The molecule has 2 atom stereocenters. The lowest BCUT2D eigenvalue weighted by molar-refractivity contribution is -0.143. The molecule has 0 aromatic heterocycles. The molecule has 0 aromatic carbocycles. The molecular formula is C12H20N2O4. The van der Waals surface area contributed by atoms with Gasteiger partial charge in [0.25, 0.3) is 0 Å². The van der Waals surface area contributed by atoms with E-state index in [1.807, 2.05) is 0 Å². The molecule has 2 unspecified atom stereocenters. The summed E-state index contributed by atoms with van der Waals surface area (Å²) in [6.07, 6.45) is 3.74. The molecule has 0 radical (unpaired) electrons. The Morgan fingerprint density at radius 1 is 1.50 bits per heavy atom. The molecule has 3 N–H and O–H groups in total. The Bertz CT molecular complexity index is 341. The lowest BCUT2D eigenvalue weighted by Gasteiger charge is -2.20. The quantitative estimate of drug-likeness (QED) is 0.736. The fourth-order valence-corrected chi connectivity index (χ4v) is 2.54. The van der Waals surface area contributed by atoms with Crippen molar-refractivity contribution in [1.82, 2.24) is 4.90 Å². The Balaban J connectivity index is 1.78. The molecule has 6 nitrogen and oxygen atoms in total. The molecule has 2 aliphatic heterocycles. The number of ether oxygens (including phenoxy) is 1. The minimum Gasteiger partial charge on any atom is -0.480 e. The van der Waals surface area contributed by atoms with E-state index in [4.69, 9.17) is 15.6 Å². The number of carbonyl (C=O) groups is 2. The van der Waals surface area contributed by atoms with Gasteiger partial charge >= 0.3 is 5.97 Å². The number of carboxylic acid groups (broad SMARTS) is 1. The van der Waals surface area contributed by atoms with Crippen molar-refractivity contribution in [3.05, 3.63) is 0 Å². The summed E-state index contributed by atoms with van der Waals surface area (Å²) in [5.41, 5.74) is 4.47. The zero-order valence-corrected chi connectivity index (χ0v) is 10.4. The third kappa shape index (κ3) is 2.81. The normalized spacial score (nSPS) is 31.8. The minimum absolute atomic E-state index is 0.0147. The molecule has 0 spiro atoms. The summed E-state index contributed by atoms with van der Waals surface area (Å²) in [6, 6.07) is 0. The van der Waals surface area contributed by atoms with Gasteiger partial charge in [-0.3, -0.25) is 9.59 Å². The number of carbonyl (C=O) groups excluding carboxylic acids is 1. The molecular weight excluding hydrogens is 236 g/mol. The number of nitrogens with zero attached hydrogens (tertiary/aromatic N) is 1. The predicted molar refractivity (Wildman–Crippen MR) is 64.0 cm³/mol. The maximum atomic E-state index is 11.9. The highest BCUT2D eigenvalue weighted by Gasteiger charge is 2.42. The van der Waals surface area contributed by atoms with Gasteiger partial charge < -0.3 is 20.5 Å². The van der Waals surface area contributed by atoms with E-state index in [0.29, 0.717) is 19.4 Å². The average Bonchev–Trinajstić information content (AvgIpc) is 2.95. The predicted octanol–water partition coefficient (Wildman–Crippen LogP) is -0.0400. The first-order valence-electron chi connectivity index (χ1n) is 6.43. The van der Waals surface area contributed by atoms with Crippen molar-refractivity contribution < 1.29 is 19.4 Å². The van der Waals surface area contributed by atoms with Crippen molar-refractivity contribution in [2.24, 2.45) is 5.73 Å². The van der Waals surface area contributed by atoms with Crippen LogP contribution in [0.25, 0.3) is 0 Å². The standard InChI is InChI=1S/C12H20N2O4/c13-12(11(16)17)5-6-14(8-12)10(15)4-3-9-2-1-7-18-9/h9H,1-8,13H2,(H,16,17). The van der Waals surface area contributed by atoms with E-state index in [-0.39, 0.29) is 18.6 Å². The van der Waals surface area contributed by atoms with Gasteiger partial charge in [-0.15, -0.1) is 0 Å². The van der Waals surface area contributed by atoms with E-state index >= 15 is 0 Å².